The SMILES string of the molecule is C[C@@H]1NC(=O)N[C@@H]1CCCCCC(=O)NCCOc1ccccc1Cc1ccccc1. The van der Waals surface area contributed by atoms with E-state index < -0.39 is 0 Å². The Morgan fingerprint density at radius 3 is 2.55 bits per heavy atom. The summed E-state index contributed by atoms with van der Waals surface area (Å²) < 4.78 is 5.92. The summed E-state index contributed by atoms with van der Waals surface area (Å²) in [7, 11) is 0. The molecule has 2 aromatic carbocycles. The van der Waals surface area contributed by atoms with Crippen LogP contribution < -0.4 is 20.7 Å². The Morgan fingerprint density at radius 1 is 1.00 bits per heavy atom. The molecule has 3 rings (SSSR count). The van der Waals surface area contributed by atoms with Crippen LogP contribution in [0.2, 0.25) is 0 Å². The first-order valence-corrected chi connectivity index (χ1v) is 11.2. The van der Waals surface area contributed by atoms with Gasteiger partial charge < -0.3 is 20.7 Å². The molecule has 0 unspecified atom stereocenters. The van der Waals surface area contributed by atoms with Crippen LogP contribution in [0, 0.1) is 0 Å². The maximum atomic E-state index is 12.0. The normalized spacial score (nSPS) is 17.6. The topological polar surface area (TPSA) is 79.5 Å². The number of urea groups is 1. The van der Waals surface area contributed by atoms with Gasteiger partial charge in [-0.3, -0.25) is 4.79 Å². The van der Waals surface area contributed by atoms with Gasteiger partial charge in [0, 0.05) is 18.9 Å². The maximum absolute atomic E-state index is 12.0. The molecule has 0 spiro atoms. The van der Waals surface area contributed by atoms with Gasteiger partial charge in [0.2, 0.25) is 5.91 Å². The molecule has 1 heterocycles. The summed E-state index contributed by atoms with van der Waals surface area (Å²) in [5.74, 6) is 0.925. The van der Waals surface area contributed by atoms with Gasteiger partial charge in [0.1, 0.15) is 12.4 Å². The van der Waals surface area contributed by atoms with E-state index >= 15 is 0 Å². The molecule has 0 aromatic heterocycles. The van der Waals surface area contributed by atoms with Crippen molar-refractivity contribution < 1.29 is 14.3 Å². The lowest BCUT2D eigenvalue weighted by atomic mass is 10.0. The molecule has 1 fully saturated rings. The van der Waals surface area contributed by atoms with E-state index in [0.717, 1.165) is 43.4 Å². The number of ether oxygens (including phenoxy) is 1. The molecule has 2 aromatic rings. The Labute approximate surface area is 184 Å². The van der Waals surface area contributed by atoms with Crippen LogP contribution in [0.15, 0.2) is 54.6 Å². The number of amides is 3. The first kappa shape index (κ1) is 22.7. The summed E-state index contributed by atoms with van der Waals surface area (Å²) in [4.78, 5) is 23.3. The largest absolute Gasteiger partial charge is 0.491 e. The van der Waals surface area contributed by atoms with Gasteiger partial charge in [0.15, 0.2) is 0 Å². The van der Waals surface area contributed by atoms with Crippen LogP contribution in [0.25, 0.3) is 0 Å². The molecule has 3 N–H and O–H groups in total. The first-order valence-electron chi connectivity index (χ1n) is 11.2. The molecule has 1 aliphatic heterocycles. The minimum absolute atomic E-state index is 0.0605. The number of benzene rings is 2. The molecule has 166 valence electrons. The number of unbranched alkanes of at least 4 members (excludes halogenated alkanes) is 2. The molecule has 0 saturated carbocycles. The van der Waals surface area contributed by atoms with Crippen LogP contribution in [-0.4, -0.2) is 37.2 Å². The molecule has 0 radical (unpaired) electrons. The average Bonchev–Trinajstić information content (AvgIpc) is 3.09. The zero-order chi connectivity index (χ0) is 21.9. The van der Waals surface area contributed by atoms with E-state index in [1.807, 2.05) is 43.3 Å². The molecule has 31 heavy (non-hydrogen) atoms. The molecular formula is C25H33N3O3. The fourth-order valence-electron chi connectivity index (χ4n) is 3.84. The predicted octanol–water partition coefficient (Wildman–Crippen LogP) is 3.79. The zero-order valence-corrected chi connectivity index (χ0v) is 18.2. The van der Waals surface area contributed by atoms with Crippen molar-refractivity contribution in [2.75, 3.05) is 13.2 Å². The Kier molecular flexibility index (Phi) is 8.76. The summed E-state index contributed by atoms with van der Waals surface area (Å²) in [5.41, 5.74) is 2.39. The third-order valence-electron chi connectivity index (χ3n) is 5.59. The van der Waals surface area contributed by atoms with Crippen LogP contribution in [0.4, 0.5) is 4.79 Å². The fourth-order valence-corrected chi connectivity index (χ4v) is 3.84. The Bertz CT molecular complexity index is 841. The van der Waals surface area contributed by atoms with Crippen molar-refractivity contribution in [3.05, 3.63) is 65.7 Å². The molecule has 6 nitrogen and oxygen atoms in total. The van der Waals surface area contributed by atoms with E-state index in [1.165, 1.54) is 5.56 Å². The standard InChI is InChI=1S/C25H33N3O3/c1-19-22(28-25(30)27-19)13-6-3-7-15-24(29)26-16-17-31-23-14-9-8-12-21(23)18-20-10-4-2-5-11-20/h2,4-5,8-12,14,19,22H,3,6-7,13,15-18H2,1H3,(H,26,29)(H2,27,28,30)/t19-,22+/m0/s1. The monoisotopic (exact) mass is 423 g/mol. The van der Waals surface area contributed by atoms with Crippen molar-refractivity contribution in [3.8, 4) is 5.75 Å². The molecule has 1 saturated heterocycles. The summed E-state index contributed by atoms with van der Waals surface area (Å²) in [6.45, 7) is 2.96. The zero-order valence-electron chi connectivity index (χ0n) is 18.2. The summed E-state index contributed by atoms with van der Waals surface area (Å²) >= 11 is 0. The van der Waals surface area contributed by atoms with Gasteiger partial charge in [-0.25, -0.2) is 4.79 Å². The number of nitrogens with one attached hydrogen (secondary N) is 3. The highest BCUT2D eigenvalue weighted by molar-refractivity contribution is 5.77. The van der Waals surface area contributed by atoms with E-state index in [4.69, 9.17) is 4.74 Å². The lowest BCUT2D eigenvalue weighted by molar-refractivity contribution is -0.121. The maximum Gasteiger partial charge on any atom is 0.315 e. The van der Waals surface area contributed by atoms with Crippen LogP contribution in [0.3, 0.4) is 0 Å². The lowest BCUT2D eigenvalue weighted by Gasteiger charge is -2.13. The highest BCUT2D eigenvalue weighted by Crippen LogP contribution is 2.21. The van der Waals surface area contributed by atoms with Crippen molar-refractivity contribution in [3.63, 3.8) is 0 Å². The highest BCUT2D eigenvalue weighted by Gasteiger charge is 2.26. The van der Waals surface area contributed by atoms with Gasteiger partial charge in [-0.15, -0.1) is 0 Å². The third kappa shape index (κ3) is 7.63. The van der Waals surface area contributed by atoms with E-state index in [2.05, 4.69) is 34.1 Å². The van der Waals surface area contributed by atoms with Crippen LogP contribution in [-0.2, 0) is 11.2 Å². The number of carbonyl (C=O) groups excluding carboxylic acids is 2. The number of para-hydroxylation sites is 1. The molecule has 0 bridgehead atoms. The minimum atomic E-state index is -0.0817. The van der Waals surface area contributed by atoms with Crippen molar-refractivity contribution in [2.45, 2.75) is 57.5 Å². The second-order valence-electron chi connectivity index (χ2n) is 8.08. The molecule has 1 aliphatic rings. The minimum Gasteiger partial charge on any atom is -0.491 e. The number of hydrogen-bond donors (Lipinski definition) is 3. The van der Waals surface area contributed by atoms with Crippen LogP contribution in [0.5, 0.6) is 5.75 Å². The highest BCUT2D eigenvalue weighted by atomic mass is 16.5. The number of rotatable bonds is 12. The van der Waals surface area contributed by atoms with Crippen molar-refractivity contribution >= 4 is 11.9 Å². The summed E-state index contributed by atoms with van der Waals surface area (Å²) in [6.07, 6.45) is 5.13. The molecule has 3 amide bonds. The van der Waals surface area contributed by atoms with Crippen LogP contribution in [0.1, 0.15) is 50.2 Å². The van der Waals surface area contributed by atoms with Crippen LogP contribution >= 0.6 is 0 Å². The van der Waals surface area contributed by atoms with Gasteiger partial charge in [-0.2, -0.15) is 0 Å². The second kappa shape index (κ2) is 12.0. The molecule has 6 heteroatoms. The van der Waals surface area contributed by atoms with E-state index in [0.29, 0.717) is 19.6 Å². The fraction of sp³-hybridized carbons (Fsp3) is 0.440. The van der Waals surface area contributed by atoms with Crippen molar-refractivity contribution in [1.29, 1.82) is 0 Å². The quantitative estimate of drug-likeness (QED) is 0.455. The lowest BCUT2D eigenvalue weighted by Crippen LogP contribution is -2.30. The third-order valence-corrected chi connectivity index (χ3v) is 5.59. The smallest absolute Gasteiger partial charge is 0.315 e. The predicted molar refractivity (Wildman–Crippen MR) is 122 cm³/mol. The Balaban J connectivity index is 1.28. The van der Waals surface area contributed by atoms with Gasteiger partial charge in [0.05, 0.1) is 12.6 Å². The number of carbonyl (C=O) groups is 2. The first-order chi connectivity index (χ1) is 15.1. The van der Waals surface area contributed by atoms with E-state index in [-0.39, 0.29) is 24.0 Å². The molecule has 0 aliphatic carbocycles. The average molecular weight is 424 g/mol. The van der Waals surface area contributed by atoms with E-state index in [9.17, 15) is 9.59 Å². The van der Waals surface area contributed by atoms with E-state index in [1.54, 1.807) is 0 Å². The summed E-state index contributed by atoms with van der Waals surface area (Å²) in [6, 6.07) is 18.6. The van der Waals surface area contributed by atoms with Gasteiger partial charge in [0.25, 0.3) is 0 Å². The second-order valence-corrected chi connectivity index (χ2v) is 8.08. The van der Waals surface area contributed by atoms with Crippen molar-refractivity contribution in [1.82, 2.24) is 16.0 Å². The van der Waals surface area contributed by atoms with Crippen molar-refractivity contribution in [2.24, 2.45) is 0 Å². The summed E-state index contributed by atoms with van der Waals surface area (Å²) in [5, 5.41) is 8.72. The van der Waals surface area contributed by atoms with Gasteiger partial charge >= 0.3 is 6.03 Å². The Hall–Kier alpha value is -3.02. The van der Waals surface area contributed by atoms with Gasteiger partial charge in [-0.05, 0) is 37.0 Å². The van der Waals surface area contributed by atoms with Gasteiger partial charge in [-0.1, -0.05) is 61.4 Å². The molecule has 2 atom stereocenters. The molecular weight excluding hydrogens is 390 g/mol. The Morgan fingerprint density at radius 2 is 1.77 bits per heavy atom. The number of hydrogen-bond acceptors (Lipinski definition) is 3.